The van der Waals surface area contributed by atoms with Crippen LogP contribution in [0.15, 0.2) is 47.6 Å². The summed E-state index contributed by atoms with van der Waals surface area (Å²) in [5.74, 6) is 0.341. The molecule has 0 fully saturated rings. The molecule has 0 aliphatic carbocycles. The van der Waals surface area contributed by atoms with Gasteiger partial charge in [0.1, 0.15) is 11.3 Å². The number of H-pyrrole nitrogens is 1. The topological polar surface area (TPSA) is 114 Å². The van der Waals surface area contributed by atoms with E-state index in [0.717, 1.165) is 16.5 Å². The Morgan fingerprint density at radius 1 is 1.20 bits per heavy atom. The number of rotatable bonds is 7. The first-order valence-corrected chi connectivity index (χ1v) is 9.44. The average molecular weight is 404 g/mol. The van der Waals surface area contributed by atoms with Crippen LogP contribution >= 0.6 is 0 Å². The first-order valence-electron chi connectivity index (χ1n) is 9.44. The van der Waals surface area contributed by atoms with Crippen LogP contribution in [0.4, 0.5) is 5.95 Å². The molecule has 30 heavy (non-hydrogen) atoms. The molecule has 2 aromatic heterocycles. The largest absolute Gasteiger partial charge is 0.481 e. The third-order valence-electron chi connectivity index (χ3n) is 4.40. The summed E-state index contributed by atoms with van der Waals surface area (Å²) in [4.78, 5) is 19.2. The molecule has 0 bridgehead atoms. The van der Waals surface area contributed by atoms with Crippen LogP contribution < -0.4 is 10.2 Å². The zero-order valence-corrected chi connectivity index (χ0v) is 16.5. The lowest BCUT2D eigenvalue weighted by Gasteiger charge is -2.08. The van der Waals surface area contributed by atoms with Crippen molar-refractivity contribution in [2.75, 3.05) is 18.6 Å². The van der Waals surface area contributed by atoms with Crippen LogP contribution in [0.1, 0.15) is 18.1 Å². The first kappa shape index (κ1) is 19.3. The minimum atomic E-state index is -0.427. The van der Waals surface area contributed by atoms with Crippen LogP contribution in [-0.2, 0) is 9.53 Å². The summed E-state index contributed by atoms with van der Waals surface area (Å²) in [6, 6.07) is 13.2. The van der Waals surface area contributed by atoms with E-state index in [0.29, 0.717) is 29.1 Å². The molecule has 4 aromatic rings. The second kappa shape index (κ2) is 8.56. The Kier molecular flexibility index (Phi) is 5.51. The molecule has 0 unspecified atom stereocenters. The number of esters is 1. The maximum atomic E-state index is 11.5. The van der Waals surface area contributed by atoms with Crippen LogP contribution in [0.3, 0.4) is 0 Å². The number of aromatic nitrogens is 4. The maximum Gasteiger partial charge on any atom is 0.344 e. The molecule has 9 nitrogen and oxygen atoms in total. The number of para-hydroxylation sites is 2. The fourth-order valence-corrected chi connectivity index (χ4v) is 3.01. The number of hydrogen-bond acceptors (Lipinski definition) is 8. The molecule has 2 N–H and O–H groups in total. The number of anilines is 1. The van der Waals surface area contributed by atoms with Crippen molar-refractivity contribution in [3.05, 3.63) is 53.6 Å². The van der Waals surface area contributed by atoms with E-state index in [9.17, 15) is 4.79 Å². The Morgan fingerprint density at radius 3 is 2.93 bits per heavy atom. The monoisotopic (exact) mass is 404 g/mol. The molecule has 4 rings (SSSR count). The van der Waals surface area contributed by atoms with Gasteiger partial charge in [0.25, 0.3) is 5.95 Å². The summed E-state index contributed by atoms with van der Waals surface area (Å²) < 4.78 is 10.4. The minimum absolute atomic E-state index is 0.171. The number of hydrazone groups is 1. The molecule has 0 aliphatic rings. The van der Waals surface area contributed by atoms with Crippen molar-refractivity contribution in [1.82, 2.24) is 20.2 Å². The Hall–Kier alpha value is -4.01. The first-order chi connectivity index (χ1) is 14.7. The predicted molar refractivity (Wildman–Crippen MR) is 114 cm³/mol. The number of fused-ring (bicyclic) bond motifs is 3. The van der Waals surface area contributed by atoms with Crippen LogP contribution in [0.5, 0.6) is 5.75 Å². The van der Waals surface area contributed by atoms with Crippen molar-refractivity contribution in [2.45, 2.75) is 13.8 Å². The van der Waals surface area contributed by atoms with Crippen molar-refractivity contribution in [1.29, 1.82) is 0 Å². The number of nitrogens with one attached hydrogen (secondary N) is 2. The molecule has 0 atom stereocenters. The molecular formula is C21H20N6O3. The van der Waals surface area contributed by atoms with E-state index >= 15 is 0 Å². The van der Waals surface area contributed by atoms with Gasteiger partial charge in [-0.2, -0.15) is 10.1 Å². The van der Waals surface area contributed by atoms with E-state index in [2.05, 4.69) is 30.7 Å². The Balaban J connectivity index is 1.49. The number of hydrogen-bond donors (Lipinski definition) is 2. The SMILES string of the molecule is CCOC(=O)COc1ccccc1/C=N/Nc1nnc2c(n1)[nH]c1c(C)cccc12. The quantitative estimate of drug-likeness (QED) is 0.276. The van der Waals surface area contributed by atoms with Crippen LogP contribution in [0, 0.1) is 6.92 Å². The van der Waals surface area contributed by atoms with Gasteiger partial charge in [-0.05, 0) is 31.5 Å². The molecule has 0 aliphatic heterocycles. The van der Waals surface area contributed by atoms with Gasteiger partial charge in [0.2, 0.25) is 0 Å². The van der Waals surface area contributed by atoms with Crippen molar-refractivity contribution in [2.24, 2.45) is 5.10 Å². The standard InChI is InChI=1S/C21H20N6O3/c1-3-29-17(28)12-30-16-10-5-4-8-14(16)11-22-26-21-24-20-19(25-27-21)15-9-6-7-13(2)18(15)23-20/h4-11H,3,12H2,1-2H3,(H2,23,24,26,27)/b22-11+. The number of nitrogens with zero attached hydrogens (tertiary/aromatic N) is 4. The lowest BCUT2D eigenvalue weighted by Crippen LogP contribution is -2.15. The minimum Gasteiger partial charge on any atom is -0.481 e. The average Bonchev–Trinajstić information content (AvgIpc) is 3.13. The van der Waals surface area contributed by atoms with Crippen LogP contribution in [0.25, 0.3) is 22.1 Å². The van der Waals surface area contributed by atoms with Crippen molar-refractivity contribution in [3.63, 3.8) is 0 Å². The van der Waals surface area contributed by atoms with E-state index in [1.165, 1.54) is 0 Å². The molecule has 0 radical (unpaired) electrons. The molecule has 0 saturated carbocycles. The third kappa shape index (κ3) is 4.04. The summed E-state index contributed by atoms with van der Waals surface area (Å²) in [5.41, 5.74) is 6.90. The highest BCUT2D eigenvalue weighted by Gasteiger charge is 2.10. The summed E-state index contributed by atoms with van der Waals surface area (Å²) in [5, 5.41) is 13.5. The molecule has 152 valence electrons. The Bertz CT molecular complexity index is 1230. The lowest BCUT2D eigenvalue weighted by atomic mass is 10.1. The van der Waals surface area contributed by atoms with E-state index in [4.69, 9.17) is 9.47 Å². The Morgan fingerprint density at radius 2 is 2.07 bits per heavy atom. The van der Waals surface area contributed by atoms with E-state index < -0.39 is 5.97 Å². The van der Waals surface area contributed by atoms with Crippen molar-refractivity contribution < 1.29 is 14.3 Å². The van der Waals surface area contributed by atoms with Crippen molar-refractivity contribution in [3.8, 4) is 5.75 Å². The van der Waals surface area contributed by atoms with E-state index in [1.807, 2.05) is 43.3 Å². The van der Waals surface area contributed by atoms with Gasteiger partial charge in [0.15, 0.2) is 12.3 Å². The van der Waals surface area contributed by atoms with E-state index in [-0.39, 0.29) is 12.6 Å². The number of ether oxygens (including phenoxy) is 2. The number of carbonyl (C=O) groups is 1. The molecular weight excluding hydrogens is 384 g/mol. The molecule has 2 aromatic carbocycles. The maximum absolute atomic E-state index is 11.5. The van der Waals surface area contributed by atoms with Crippen LogP contribution in [-0.4, -0.2) is 45.6 Å². The van der Waals surface area contributed by atoms with Gasteiger partial charge >= 0.3 is 5.97 Å². The van der Waals surface area contributed by atoms with Crippen LogP contribution in [0.2, 0.25) is 0 Å². The summed E-state index contributed by atoms with van der Waals surface area (Å²) in [6.45, 7) is 3.91. The van der Waals surface area contributed by atoms with Gasteiger partial charge in [0, 0.05) is 10.9 Å². The van der Waals surface area contributed by atoms with Gasteiger partial charge in [0.05, 0.1) is 18.3 Å². The summed E-state index contributed by atoms with van der Waals surface area (Å²) in [6.07, 6.45) is 1.56. The fourth-order valence-electron chi connectivity index (χ4n) is 3.01. The summed E-state index contributed by atoms with van der Waals surface area (Å²) in [7, 11) is 0. The normalized spacial score (nSPS) is 11.3. The van der Waals surface area contributed by atoms with Gasteiger partial charge in [-0.15, -0.1) is 10.2 Å². The number of aromatic amines is 1. The summed E-state index contributed by atoms with van der Waals surface area (Å²) >= 11 is 0. The fraction of sp³-hybridized carbons (Fsp3) is 0.190. The number of benzene rings is 2. The highest BCUT2D eigenvalue weighted by molar-refractivity contribution is 6.04. The smallest absolute Gasteiger partial charge is 0.344 e. The molecule has 2 heterocycles. The highest BCUT2D eigenvalue weighted by atomic mass is 16.6. The highest BCUT2D eigenvalue weighted by Crippen LogP contribution is 2.24. The molecule has 0 spiro atoms. The molecule has 9 heteroatoms. The van der Waals surface area contributed by atoms with Crippen molar-refractivity contribution >= 4 is 40.2 Å². The van der Waals surface area contributed by atoms with Gasteiger partial charge in [-0.1, -0.05) is 30.3 Å². The van der Waals surface area contributed by atoms with E-state index in [1.54, 1.807) is 19.2 Å². The zero-order valence-electron chi connectivity index (χ0n) is 16.5. The predicted octanol–water partition coefficient (Wildman–Crippen LogP) is 3.20. The second-order valence-corrected chi connectivity index (χ2v) is 6.46. The lowest BCUT2D eigenvalue weighted by molar-refractivity contribution is -0.145. The number of aryl methyl sites for hydroxylation is 1. The second-order valence-electron chi connectivity index (χ2n) is 6.46. The van der Waals surface area contributed by atoms with Gasteiger partial charge in [-0.25, -0.2) is 10.2 Å². The van der Waals surface area contributed by atoms with Gasteiger partial charge < -0.3 is 14.5 Å². The molecule has 0 saturated heterocycles. The third-order valence-corrected chi connectivity index (χ3v) is 4.40. The Labute approximate surface area is 172 Å². The zero-order chi connectivity index (χ0) is 20.9. The van der Waals surface area contributed by atoms with Gasteiger partial charge in [-0.3, -0.25) is 0 Å². The molecule has 0 amide bonds. The number of carbonyl (C=O) groups excluding carboxylic acids is 1.